The van der Waals surface area contributed by atoms with E-state index in [1.807, 2.05) is 0 Å². The van der Waals surface area contributed by atoms with Gasteiger partial charge in [0.1, 0.15) is 0 Å². The minimum atomic E-state index is -0.328. The molecule has 0 aliphatic carbocycles. The zero-order valence-corrected chi connectivity index (χ0v) is 17.1. The van der Waals surface area contributed by atoms with Gasteiger partial charge in [-0.25, -0.2) is 0 Å². The number of hydrogen-bond donors (Lipinski definition) is 2. The molecule has 0 spiro atoms. The van der Waals surface area contributed by atoms with Gasteiger partial charge in [-0.3, -0.25) is 9.59 Å². The van der Waals surface area contributed by atoms with Crippen molar-refractivity contribution in [3.63, 3.8) is 0 Å². The Morgan fingerprint density at radius 2 is 0.893 bits per heavy atom. The van der Waals surface area contributed by atoms with Gasteiger partial charge in [0.2, 0.25) is 0 Å². The highest BCUT2D eigenvalue weighted by Crippen LogP contribution is 2.24. The highest BCUT2D eigenvalue weighted by Gasteiger charge is 2.10. The Morgan fingerprint density at radius 1 is 0.536 bits per heavy atom. The molecule has 0 heterocycles. The molecule has 0 saturated carbocycles. The van der Waals surface area contributed by atoms with Crippen LogP contribution < -0.4 is 10.6 Å². The molecule has 142 valence electrons. The Hall–Kier alpha value is -2.24. The van der Waals surface area contributed by atoms with E-state index in [1.165, 1.54) is 12.1 Å². The molecule has 0 atom stereocenters. The number of hydrogen-bond acceptors (Lipinski definition) is 2. The van der Waals surface area contributed by atoms with E-state index in [9.17, 15) is 9.59 Å². The number of rotatable bonds is 4. The Morgan fingerprint density at radius 3 is 1.21 bits per heavy atom. The normalized spacial score (nSPS) is 10.4. The van der Waals surface area contributed by atoms with Gasteiger partial charge in [0, 0.05) is 22.5 Å². The quantitative estimate of drug-likeness (QED) is 0.456. The van der Waals surface area contributed by atoms with Gasteiger partial charge in [-0.15, -0.1) is 0 Å². The molecule has 0 aromatic heterocycles. The van der Waals surface area contributed by atoms with Gasteiger partial charge >= 0.3 is 0 Å². The predicted molar refractivity (Wildman–Crippen MR) is 115 cm³/mol. The van der Waals surface area contributed by atoms with Crippen LogP contribution in [0.5, 0.6) is 0 Å². The third-order valence-corrected chi connectivity index (χ3v) is 5.24. The van der Waals surface area contributed by atoms with Crippen LogP contribution in [0.3, 0.4) is 0 Å². The molecule has 0 radical (unpaired) electrons. The van der Waals surface area contributed by atoms with Crippen LogP contribution in [-0.2, 0) is 0 Å². The summed E-state index contributed by atoms with van der Waals surface area (Å²) in [6, 6.07) is 15.9. The maximum absolute atomic E-state index is 12.3. The van der Waals surface area contributed by atoms with E-state index < -0.39 is 0 Å². The molecule has 3 aromatic rings. The topological polar surface area (TPSA) is 58.2 Å². The molecule has 3 aromatic carbocycles. The largest absolute Gasteiger partial charge is 0.322 e. The van der Waals surface area contributed by atoms with E-state index in [4.69, 9.17) is 46.4 Å². The van der Waals surface area contributed by atoms with Crippen LogP contribution in [0.4, 0.5) is 11.4 Å². The maximum atomic E-state index is 12.3. The van der Waals surface area contributed by atoms with Crippen LogP contribution in [0.2, 0.25) is 20.1 Å². The van der Waals surface area contributed by atoms with E-state index in [-0.39, 0.29) is 11.8 Å². The van der Waals surface area contributed by atoms with E-state index in [0.717, 1.165) is 0 Å². The molecule has 28 heavy (non-hydrogen) atoms. The zero-order valence-electron chi connectivity index (χ0n) is 14.1. The van der Waals surface area contributed by atoms with Gasteiger partial charge < -0.3 is 10.6 Å². The first kappa shape index (κ1) is 20.5. The van der Waals surface area contributed by atoms with Crippen LogP contribution in [0.1, 0.15) is 20.7 Å². The number of carbonyl (C=O) groups is 2. The average Bonchev–Trinajstić information content (AvgIpc) is 2.67. The molecule has 0 saturated heterocycles. The molecule has 0 aliphatic heterocycles. The lowest BCUT2D eigenvalue weighted by molar-refractivity contribution is 0.101. The van der Waals surface area contributed by atoms with Gasteiger partial charge in [-0.2, -0.15) is 0 Å². The summed E-state index contributed by atoms with van der Waals surface area (Å²) in [5.41, 5.74) is 1.88. The minimum absolute atomic E-state index is 0.301. The molecule has 3 rings (SSSR count). The van der Waals surface area contributed by atoms with E-state index in [2.05, 4.69) is 10.6 Å². The van der Waals surface area contributed by atoms with Crippen molar-refractivity contribution >= 4 is 69.6 Å². The van der Waals surface area contributed by atoms with Crippen molar-refractivity contribution in [1.82, 2.24) is 0 Å². The summed E-state index contributed by atoms with van der Waals surface area (Å²) < 4.78 is 0. The van der Waals surface area contributed by atoms with Crippen LogP contribution in [0.25, 0.3) is 0 Å². The molecule has 2 N–H and O–H groups in total. The fourth-order valence-corrected chi connectivity index (χ4v) is 2.91. The first-order chi connectivity index (χ1) is 13.3. The smallest absolute Gasteiger partial charge is 0.255 e. The number of nitrogens with one attached hydrogen (secondary N) is 2. The van der Waals surface area contributed by atoms with Crippen LogP contribution in [0.15, 0.2) is 60.7 Å². The zero-order chi connectivity index (χ0) is 20.3. The van der Waals surface area contributed by atoms with Crippen LogP contribution >= 0.6 is 46.4 Å². The summed E-state index contributed by atoms with van der Waals surface area (Å²) in [5.74, 6) is -0.655. The first-order valence-corrected chi connectivity index (χ1v) is 9.47. The summed E-state index contributed by atoms with van der Waals surface area (Å²) in [5, 5.41) is 6.84. The number of benzene rings is 3. The summed E-state index contributed by atoms with van der Waals surface area (Å²) >= 11 is 23.6. The van der Waals surface area contributed by atoms with E-state index in [0.29, 0.717) is 42.6 Å². The maximum Gasteiger partial charge on any atom is 0.255 e. The van der Waals surface area contributed by atoms with Crippen molar-refractivity contribution in [3.8, 4) is 0 Å². The Balaban J connectivity index is 1.65. The Labute approximate surface area is 181 Å². The Bertz CT molecular complexity index is 968. The van der Waals surface area contributed by atoms with E-state index >= 15 is 0 Å². The highest BCUT2D eigenvalue weighted by atomic mass is 35.5. The molecule has 4 nitrogen and oxygen atoms in total. The third kappa shape index (κ3) is 4.97. The first-order valence-electron chi connectivity index (χ1n) is 7.96. The molecule has 2 amide bonds. The van der Waals surface area contributed by atoms with Gasteiger partial charge in [0.25, 0.3) is 11.8 Å². The van der Waals surface area contributed by atoms with Gasteiger partial charge in [0.15, 0.2) is 0 Å². The summed E-state index contributed by atoms with van der Waals surface area (Å²) in [7, 11) is 0. The van der Waals surface area contributed by atoms with Crippen LogP contribution in [-0.4, -0.2) is 11.8 Å². The second-order valence-electron chi connectivity index (χ2n) is 5.74. The Kier molecular flexibility index (Phi) is 6.47. The van der Waals surface area contributed by atoms with Crippen LogP contribution in [0, 0.1) is 0 Å². The molecule has 0 aliphatic rings. The molecule has 0 bridgehead atoms. The number of carbonyl (C=O) groups excluding carboxylic acids is 2. The second kappa shape index (κ2) is 8.84. The lowest BCUT2D eigenvalue weighted by Gasteiger charge is -2.09. The van der Waals surface area contributed by atoms with Crippen molar-refractivity contribution in [2.75, 3.05) is 10.6 Å². The molecular formula is C20H12Cl4N2O2. The van der Waals surface area contributed by atoms with E-state index in [1.54, 1.807) is 48.5 Å². The monoisotopic (exact) mass is 452 g/mol. The number of anilines is 2. The summed E-state index contributed by atoms with van der Waals surface area (Å²) in [6.07, 6.45) is 0. The lowest BCUT2D eigenvalue weighted by Crippen LogP contribution is -2.13. The molecular weight excluding hydrogens is 442 g/mol. The standard InChI is InChI=1S/C20H12Cl4N2O2/c21-15-7-1-11(9-17(15)23)19(27)25-13-3-5-14(6-4-13)26-20(28)12-2-8-16(22)18(24)10-12/h1-10H,(H,25,27)(H,26,28). The average molecular weight is 454 g/mol. The third-order valence-electron chi connectivity index (χ3n) is 3.76. The van der Waals surface area contributed by atoms with Crippen molar-refractivity contribution in [1.29, 1.82) is 0 Å². The lowest BCUT2D eigenvalue weighted by atomic mass is 10.2. The second-order valence-corrected chi connectivity index (χ2v) is 7.37. The predicted octanol–water partition coefficient (Wildman–Crippen LogP) is 6.80. The number of halogens is 4. The summed E-state index contributed by atoms with van der Waals surface area (Å²) in [6.45, 7) is 0. The van der Waals surface area contributed by atoms with Crippen molar-refractivity contribution in [3.05, 3.63) is 91.9 Å². The SMILES string of the molecule is O=C(Nc1ccc(NC(=O)c2ccc(Cl)c(Cl)c2)cc1)c1ccc(Cl)c(Cl)c1. The van der Waals surface area contributed by atoms with Gasteiger partial charge in [0.05, 0.1) is 20.1 Å². The fourth-order valence-electron chi connectivity index (χ4n) is 2.32. The highest BCUT2D eigenvalue weighted by molar-refractivity contribution is 6.42. The van der Waals surface area contributed by atoms with Gasteiger partial charge in [-0.05, 0) is 60.7 Å². The minimum Gasteiger partial charge on any atom is -0.322 e. The van der Waals surface area contributed by atoms with Gasteiger partial charge in [-0.1, -0.05) is 46.4 Å². The number of amides is 2. The van der Waals surface area contributed by atoms with Crippen molar-refractivity contribution in [2.45, 2.75) is 0 Å². The molecule has 0 unspecified atom stereocenters. The van der Waals surface area contributed by atoms with Crippen molar-refractivity contribution in [2.24, 2.45) is 0 Å². The van der Waals surface area contributed by atoms with Crippen molar-refractivity contribution < 1.29 is 9.59 Å². The molecule has 0 fully saturated rings. The fraction of sp³-hybridized carbons (Fsp3) is 0. The summed E-state index contributed by atoms with van der Waals surface area (Å²) in [4.78, 5) is 24.6. The molecule has 8 heteroatoms.